The minimum atomic E-state index is -3.56. The molecule has 3 rings (SSSR count). The second kappa shape index (κ2) is 13.7. The Kier molecular flexibility index (Phi) is 10.7. The maximum Gasteiger partial charge on any atom is 0.410 e. The number of rotatable bonds is 13. The summed E-state index contributed by atoms with van der Waals surface area (Å²) in [7, 11) is -1.84. The summed E-state index contributed by atoms with van der Waals surface area (Å²) >= 11 is 0. The highest BCUT2D eigenvalue weighted by molar-refractivity contribution is 7.89. The van der Waals surface area contributed by atoms with E-state index in [-0.39, 0.29) is 18.5 Å². The van der Waals surface area contributed by atoms with Crippen molar-refractivity contribution >= 4 is 16.1 Å². The molecule has 1 aliphatic heterocycles. The van der Waals surface area contributed by atoms with Crippen molar-refractivity contribution in [1.29, 1.82) is 0 Å². The topological polar surface area (TPSA) is 110 Å². The van der Waals surface area contributed by atoms with Gasteiger partial charge < -0.3 is 14.5 Å². The summed E-state index contributed by atoms with van der Waals surface area (Å²) in [5.41, 5.74) is 0.971. The standard InChI is InChI=1S/C25H40N6O4S/c1-4-30(5-2)15-12-18-36(33,34)28-22(19-21-13-8-6-9-14-21)24-26-23(29(3)27-24)20-35-25(32)31-16-10-7-11-17-31/h6,8-9,13-14,22,28H,4-5,7,10-12,15-20H2,1-3H3/t22-/m1/s1. The molecule has 10 nitrogen and oxygen atoms in total. The quantitative estimate of drug-likeness (QED) is 0.432. The lowest BCUT2D eigenvalue weighted by molar-refractivity contribution is 0.0864. The zero-order valence-electron chi connectivity index (χ0n) is 21.7. The van der Waals surface area contributed by atoms with Crippen molar-refractivity contribution in [2.24, 2.45) is 7.05 Å². The van der Waals surface area contributed by atoms with Gasteiger partial charge in [0.05, 0.1) is 11.8 Å². The van der Waals surface area contributed by atoms with Crippen LogP contribution in [0.4, 0.5) is 4.79 Å². The fraction of sp³-hybridized carbons (Fsp3) is 0.640. The average Bonchev–Trinajstić information content (AvgIpc) is 3.26. The number of amides is 1. The molecule has 0 radical (unpaired) electrons. The van der Waals surface area contributed by atoms with Crippen molar-refractivity contribution < 1.29 is 17.9 Å². The molecule has 0 bridgehead atoms. The van der Waals surface area contributed by atoms with Gasteiger partial charge in [-0.2, -0.15) is 5.10 Å². The van der Waals surface area contributed by atoms with Crippen LogP contribution in [-0.2, 0) is 34.8 Å². The zero-order valence-corrected chi connectivity index (χ0v) is 22.5. The molecule has 1 aromatic heterocycles. The number of benzene rings is 1. The van der Waals surface area contributed by atoms with Crippen LogP contribution in [0.3, 0.4) is 0 Å². The lowest BCUT2D eigenvalue weighted by Crippen LogP contribution is -2.36. The Bertz CT molecular complexity index is 1050. The van der Waals surface area contributed by atoms with Crippen LogP contribution in [0.2, 0.25) is 0 Å². The van der Waals surface area contributed by atoms with Gasteiger partial charge in [0.15, 0.2) is 18.3 Å². The van der Waals surface area contributed by atoms with Gasteiger partial charge in [0, 0.05) is 20.1 Å². The van der Waals surface area contributed by atoms with Crippen molar-refractivity contribution in [3.05, 3.63) is 47.5 Å². The van der Waals surface area contributed by atoms with Crippen molar-refractivity contribution in [2.45, 2.75) is 58.6 Å². The van der Waals surface area contributed by atoms with E-state index >= 15 is 0 Å². The molecule has 1 amide bonds. The molecule has 200 valence electrons. The molecule has 0 unspecified atom stereocenters. The molecule has 2 aromatic rings. The van der Waals surface area contributed by atoms with Crippen molar-refractivity contribution in [1.82, 2.24) is 29.3 Å². The molecule has 0 saturated carbocycles. The molecule has 1 aromatic carbocycles. The predicted molar refractivity (Wildman–Crippen MR) is 139 cm³/mol. The van der Waals surface area contributed by atoms with Crippen LogP contribution in [0, 0.1) is 0 Å². The number of likely N-dealkylation sites (tertiary alicyclic amines) is 1. The molecule has 0 spiro atoms. The van der Waals surface area contributed by atoms with Crippen molar-refractivity contribution in [3.8, 4) is 0 Å². The highest BCUT2D eigenvalue weighted by Crippen LogP contribution is 2.18. The normalized spacial score (nSPS) is 15.3. The number of hydrogen-bond acceptors (Lipinski definition) is 7. The first-order valence-electron chi connectivity index (χ1n) is 12.9. The molecule has 2 heterocycles. The molecule has 11 heteroatoms. The highest BCUT2D eigenvalue weighted by Gasteiger charge is 2.25. The second-order valence-corrected chi connectivity index (χ2v) is 11.0. The monoisotopic (exact) mass is 520 g/mol. The number of hydrogen-bond donors (Lipinski definition) is 1. The van der Waals surface area contributed by atoms with Gasteiger partial charge in [0.1, 0.15) is 0 Å². The van der Waals surface area contributed by atoms with E-state index in [2.05, 4.69) is 33.6 Å². The van der Waals surface area contributed by atoms with Crippen LogP contribution in [0.25, 0.3) is 0 Å². The SMILES string of the molecule is CCN(CC)CCCS(=O)(=O)N[C@H](Cc1ccccc1)c1nc(COC(=O)N2CCCCC2)n(C)n1. The maximum absolute atomic E-state index is 13.0. The van der Waals surface area contributed by atoms with E-state index in [0.717, 1.165) is 44.5 Å². The van der Waals surface area contributed by atoms with E-state index in [1.54, 1.807) is 16.6 Å². The van der Waals surface area contributed by atoms with Crippen LogP contribution in [0.5, 0.6) is 0 Å². The minimum absolute atomic E-state index is 0.0203. The molecule has 1 fully saturated rings. The summed E-state index contributed by atoms with van der Waals surface area (Å²) in [6.45, 7) is 8.04. The Morgan fingerprint density at radius 1 is 1.14 bits per heavy atom. The smallest absolute Gasteiger partial charge is 0.410 e. The number of piperidine rings is 1. The summed E-state index contributed by atoms with van der Waals surface area (Å²) < 4.78 is 35.8. The lowest BCUT2D eigenvalue weighted by atomic mass is 10.1. The Hall–Kier alpha value is -2.50. The molecule has 1 aliphatic rings. The van der Waals surface area contributed by atoms with Gasteiger partial charge in [-0.25, -0.2) is 27.6 Å². The van der Waals surface area contributed by atoms with Gasteiger partial charge in [0.25, 0.3) is 0 Å². The fourth-order valence-electron chi connectivity index (χ4n) is 4.33. The highest BCUT2D eigenvalue weighted by atomic mass is 32.2. The van der Waals surface area contributed by atoms with Crippen LogP contribution in [0.15, 0.2) is 30.3 Å². The minimum Gasteiger partial charge on any atom is -0.441 e. The average molecular weight is 521 g/mol. The van der Waals surface area contributed by atoms with Gasteiger partial charge in [-0.05, 0) is 57.3 Å². The Morgan fingerprint density at radius 3 is 2.50 bits per heavy atom. The maximum atomic E-state index is 13.0. The van der Waals surface area contributed by atoms with Gasteiger partial charge in [0.2, 0.25) is 10.0 Å². The Morgan fingerprint density at radius 2 is 1.83 bits per heavy atom. The van der Waals surface area contributed by atoms with E-state index in [0.29, 0.717) is 37.6 Å². The van der Waals surface area contributed by atoms with E-state index < -0.39 is 16.1 Å². The third kappa shape index (κ3) is 8.56. The van der Waals surface area contributed by atoms with Crippen molar-refractivity contribution in [3.63, 3.8) is 0 Å². The fourth-order valence-corrected chi connectivity index (χ4v) is 5.58. The lowest BCUT2D eigenvalue weighted by Gasteiger charge is -2.25. The molecular formula is C25H40N6O4S. The third-order valence-electron chi connectivity index (χ3n) is 6.51. The molecule has 1 N–H and O–H groups in total. The summed E-state index contributed by atoms with van der Waals surface area (Å²) in [5, 5.41) is 4.48. The molecule has 1 saturated heterocycles. The van der Waals surface area contributed by atoms with Crippen LogP contribution in [0.1, 0.15) is 62.8 Å². The number of nitrogens with zero attached hydrogens (tertiary/aromatic N) is 5. The number of aryl methyl sites for hydroxylation is 1. The number of carbonyl (C=O) groups is 1. The molecule has 36 heavy (non-hydrogen) atoms. The second-order valence-electron chi connectivity index (χ2n) is 9.17. The first kappa shape index (κ1) is 28.1. The van der Waals surface area contributed by atoms with E-state index in [9.17, 15) is 13.2 Å². The molecule has 1 atom stereocenters. The summed E-state index contributed by atoms with van der Waals surface area (Å²) in [4.78, 5) is 20.9. The Balaban J connectivity index is 1.69. The number of sulfonamides is 1. The van der Waals surface area contributed by atoms with Gasteiger partial charge >= 0.3 is 6.09 Å². The zero-order chi connectivity index (χ0) is 26.0. The van der Waals surface area contributed by atoms with Crippen LogP contribution >= 0.6 is 0 Å². The van der Waals surface area contributed by atoms with Crippen LogP contribution in [-0.4, -0.2) is 77.6 Å². The molecular weight excluding hydrogens is 480 g/mol. The van der Waals surface area contributed by atoms with E-state index in [4.69, 9.17) is 4.74 Å². The van der Waals surface area contributed by atoms with Crippen LogP contribution < -0.4 is 4.72 Å². The van der Waals surface area contributed by atoms with E-state index in [1.165, 1.54) is 0 Å². The molecule has 0 aliphatic carbocycles. The first-order chi connectivity index (χ1) is 17.3. The number of carbonyl (C=O) groups excluding carboxylic acids is 1. The Labute approximate surface area is 215 Å². The third-order valence-corrected chi connectivity index (χ3v) is 7.98. The number of ether oxygens (including phenoxy) is 1. The predicted octanol–water partition coefficient (Wildman–Crippen LogP) is 2.87. The summed E-state index contributed by atoms with van der Waals surface area (Å²) in [5.74, 6) is 0.855. The largest absolute Gasteiger partial charge is 0.441 e. The first-order valence-corrected chi connectivity index (χ1v) is 14.5. The summed E-state index contributed by atoms with van der Waals surface area (Å²) in [6, 6.07) is 9.02. The number of nitrogens with one attached hydrogen (secondary N) is 1. The van der Waals surface area contributed by atoms with Crippen molar-refractivity contribution in [2.75, 3.05) is 38.5 Å². The van der Waals surface area contributed by atoms with Gasteiger partial charge in [-0.3, -0.25) is 0 Å². The van der Waals surface area contributed by atoms with E-state index in [1.807, 2.05) is 30.3 Å². The number of aromatic nitrogens is 3. The summed E-state index contributed by atoms with van der Waals surface area (Å²) in [6.07, 6.45) is 3.70. The van der Waals surface area contributed by atoms with Gasteiger partial charge in [-0.1, -0.05) is 44.2 Å². The van der Waals surface area contributed by atoms with Gasteiger partial charge in [-0.15, -0.1) is 0 Å².